The third-order valence-corrected chi connectivity index (χ3v) is 2.89. The first-order chi connectivity index (χ1) is 7.36. The third kappa shape index (κ3) is 1.86. The molecule has 0 N–H and O–H groups in total. The standard InChI is InChI=1S/C12H14N2O/c1-15-8-12-11-5-3-2-4-10(11)9(6-13)7-14-12/h7H,2-5,8H2,1H3. The van der Waals surface area contributed by atoms with E-state index in [1.54, 1.807) is 13.3 Å². The molecule has 0 aromatic carbocycles. The molecule has 0 unspecified atom stereocenters. The first kappa shape index (κ1) is 10.1. The van der Waals surface area contributed by atoms with Crippen molar-refractivity contribution < 1.29 is 4.74 Å². The van der Waals surface area contributed by atoms with Gasteiger partial charge in [-0.2, -0.15) is 5.26 Å². The molecule has 3 heteroatoms. The van der Waals surface area contributed by atoms with E-state index in [4.69, 9.17) is 10.00 Å². The molecule has 0 saturated carbocycles. The number of methoxy groups -OCH3 is 1. The van der Waals surface area contributed by atoms with Gasteiger partial charge in [0, 0.05) is 13.3 Å². The lowest BCUT2D eigenvalue weighted by molar-refractivity contribution is 0.180. The molecule has 0 saturated heterocycles. The molecule has 0 radical (unpaired) electrons. The normalized spacial score (nSPS) is 14.4. The number of ether oxygens (including phenoxy) is 1. The Balaban J connectivity index is 2.48. The highest BCUT2D eigenvalue weighted by Gasteiger charge is 2.17. The summed E-state index contributed by atoms with van der Waals surface area (Å²) in [5.74, 6) is 0. The lowest BCUT2D eigenvalue weighted by Gasteiger charge is -2.19. The quantitative estimate of drug-likeness (QED) is 0.736. The number of fused-ring (bicyclic) bond motifs is 1. The zero-order valence-electron chi connectivity index (χ0n) is 8.92. The lowest BCUT2D eigenvalue weighted by atomic mass is 9.88. The first-order valence-electron chi connectivity index (χ1n) is 5.25. The number of rotatable bonds is 2. The summed E-state index contributed by atoms with van der Waals surface area (Å²) in [6.45, 7) is 0.550. The van der Waals surface area contributed by atoms with E-state index in [0.717, 1.165) is 24.1 Å². The smallest absolute Gasteiger partial charge is 0.101 e. The van der Waals surface area contributed by atoms with Crippen molar-refractivity contribution in [3.63, 3.8) is 0 Å². The van der Waals surface area contributed by atoms with E-state index in [1.165, 1.54) is 24.0 Å². The van der Waals surface area contributed by atoms with Crippen molar-refractivity contribution >= 4 is 0 Å². The maximum absolute atomic E-state index is 8.99. The Labute approximate surface area is 89.7 Å². The fourth-order valence-corrected chi connectivity index (χ4v) is 2.18. The predicted molar refractivity (Wildman–Crippen MR) is 56.3 cm³/mol. The van der Waals surface area contributed by atoms with Crippen LogP contribution < -0.4 is 0 Å². The monoisotopic (exact) mass is 202 g/mol. The summed E-state index contributed by atoms with van der Waals surface area (Å²) in [6.07, 6.45) is 6.10. The van der Waals surface area contributed by atoms with Gasteiger partial charge in [0.1, 0.15) is 6.07 Å². The minimum absolute atomic E-state index is 0.550. The van der Waals surface area contributed by atoms with Crippen LogP contribution in [0.25, 0.3) is 0 Å². The van der Waals surface area contributed by atoms with Crippen molar-refractivity contribution in [3.8, 4) is 6.07 Å². The highest BCUT2D eigenvalue weighted by molar-refractivity contribution is 5.44. The molecule has 2 rings (SSSR count). The molecule has 1 aromatic heterocycles. The van der Waals surface area contributed by atoms with E-state index >= 15 is 0 Å². The highest BCUT2D eigenvalue weighted by Crippen LogP contribution is 2.26. The summed E-state index contributed by atoms with van der Waals surface area (Å²) in [7, 11) is 1.68. The topological polar surface area (TPSA) is 45.9 Å². The number of pyridine rings is 1. The van der Waals surface area contributed by atoms with Gasteiger partial charge in [0.05, 0.1) is 17.9 Å². The molecule has 0 bridgehead atoms. The number of nitriles is 1. The highest BCUT2D eigenvalue weighted by atomic mass is 16.5. The second-order valence-electron chi connectivity index (χ2n) is 3.83. The molecule has 1 aromatic rings. The molecule has 1 aliphatic rings. The zero-order chi connectivity index (χ0) is 10.7. The van der Waals surface area contributed by atoms with E-state index in [1.807, 2.05) is 0 Å². The molecule has 0 amide bonds. The molecule has 78 valence electrons. The average Bonchev–Trinajstić information content (AvgIpc) is 2.30. The summed E-state index contributed by atoms with van der Waals surface area (Å²) in [4.78, 5) is 4.31. The van der Waals surface area contributed by atoms with Crippen LogP contribution in [0.5, 0.6) is 0 Å². The van der Waals surface area contributed by atoms with Crippen molar-refractivity contribution in [1.82, 2.24) is 4.98 Å². The van der Waals surface area contributed by atoms with Crippen molar-refractivity contribution in [2.75, 3.05) is 7.11 Å². The number of hydrogen-bond acceptors (Lipinski definition) is 3. The van der Waals surface area contributed by atoms with Gasteiger partial charge in [0.15, 0.2) is 0 Å². The van der Waals surface area contributed by atoms with Gasteiger partial charge in [-0.3, -0.25) is 4.98 Å². The molecule has 0 aliphatic heterocycles. The molecular weight excluding hydrogens is 188 g/mol. The van der Waals surface area contributed by atoms with Gasteiger partial charge < -0.3 is 4.74 Å². The Morgan fingerprint density at radius 1 is 1.40 bits per heavy atom. The first-order valence-corrected chi connectivity index (χ1v) is 5.25. The van der Waals surface area contributed by atoms with E-state index in [9.17, 15) is 0 Å². The number of hydrogen-bond donors (Lipinski definition) is 0. The summed E-state index contributed by atoms with van der Waals surface area (Å²) in [5.41, 5.74) is 4.20. The molecule has 1 aliphatic carbocycles. The Morgan fingerprint density at radius 2 is 2.13 bits per heavy atom. The van der Waals surface area contributed by atoms with E-state index in [0.29, 0.717) is 6.61 Å². The Morgan fingerprint density at radius 3 is 2.80 bits per heavy atom. The van der Waals surface area contributed by atoms with E-state index < -0.39 is 0 Å². The molecule has 1 heterocycles. The van der Waals surface area contributed by atoms with Crippen LogP contribution in [0, 0.1) is 11.3 Å². The summed E-state index contributed by atoms with van der Waals surface area (Å²) in [6, 6.07) is 2.22. The fourth-order valence-electron chi connectivity index (χ4n) is 2.18. The van der Waals surface area contributed by atoms with Gasteiger partial charge in [-0.25, -0.2) is 0 Å². The molecule has 3 nitrogen and oxygen atoms in total. The Kier molecular flexibility index (Phi) is 2.98. The molecule has 0 spiro atoms. The second kappa shape index (κ2) is 4.41. The van der Waals surface area contributed by atoms with Gasteiger partial charge in [0.25, 0.3) is 0 Å². The SMILES string of the molecule is COCc1ncc(C#N)c2c1CCCC2. The summed E-state index contributed by atoms with van der Waals surface area (Å²) >= 11 is 0. The van der Waals surface area contributed by atoms with E-state index in [-0.39, 0.29) is 0 Å². The van der Waals surface area contributed by atoms with Crippen molar-refractivity contribution in [2.45, 2.75) is 32.3 Å². The zero-order valence-corrected chi connectivity index (χ0v) is 8.92. The van der Waals surface area contributed by atoms with Crippen LogP contribution in [-0.2, 0) is 24.2 Å². The van der Waals surface area contributed by atoms with Crippen molar-refractivity contribution in [2.24, 2.45) is 0 Å². The minimum Gasteiger partial charge on any atom is -0.378 e. The van der Waals surface area contributed by atoms with Gasteiger partial charge in [-0.1, -0.05) is 0 Å². The van der Waals surface area contributed by atoms with Crippen LogP contribution in [0.3, 0.4) is 0 Å². The van der Waals surface area contributed by atoms with Gasteiger partial charge in [-0.15, -0.1) is 0 Å². The van der Waals surface area contributed by atoms with Crippen LogP contribution in [0.4, 0.5) is 0 Å². The Hall–Kier alpha value is -1.40. The number of nitrogens with zero attached hydrogens (tertiary/aromatic N) is 2. The van der Waals surface area contributed by atoms with Gasteiger partial charge in [0.2, 0.25) is 0 Å². The third-order valence-electron chi connectivity index (χ3n) is 2.89. The van der Waals surface area contributed by atoms with Gasteiger partial charge >= 0.3 is 0 Å². The maximum atomic E-state index is 8.99. The van der Waals surface area contributed by atoms with Crippen molar-refractivity contribution in [1.29, 1.82) is 5.26 Å². The number of aromatic nitrogens is 1. The molecule has 0 fully saturated rings. The van der Waals surface area contributed by atoms with Crippen LogP contribution in [0.15, 0.2) is 6.20 Å². The molecular formula is C12H14N2O. The molecule has 0 atom stereocenters. The van der Waals surface area contributed by atoms with Crippen LogP contribution in [0.1, 0.15) is 35.2 Å². The van der Waals surface area contributed by atoms with Gasteiger partial charge in [-0.05, 0) is 36.8 Å². The molecule has 15 heavy (non-hydrogen) atoms. The predicted octanol–water partition coefficient (Wildman–Crippen LogP) is 1.98. The second-order valence-corrected chi connectivity index (χ2v) is 3.83. The minimum atomic E-state index is 0.550. The van der Waals surface area contributed by atoms with Crippen LogP contribution in [0.2, 0.25) is 0 Å². The maximum Gasteiger partial charge on any atom is 0.101 e. The van der Waals surface area contributed by atoms with E-state index in [2.05, 4.69) is 11.1 Å². The lowest BCUT2D eigenvalue weighted by Crippen LogP contribution is -2.11. The Bertz CT molecular complexity index is 407. The van der Waals surface area contributed by atoms with Crippen LogP contribution >= 0.6 is 0 Å². The fraction of sp³-hybridized carbons (Fsp3) is 0.500. The summed E-state index contributed by atoms with van der Waals surface area (Å²) in [5, 5.41) is 8.99. The van der Waals surface area contributed by atoms with Crippen molar-refractivity contribution in [3.05, 3.63) is 28.6 Å². The summed E-state index contributed by atoms with van der Waals surface area (Å²) < 4.78 is 5.12. The van der Waals surface area contributed by atoms with Crippen LogP contribution in [-0.4, -0.2) is 12.1 Å². The average molecular weight is 202 g/mol. The largest absolute Gasteiger partial charge is 0.378 e.